The second kappa shape index (κ2) is 15.1. The number of nitrogens with zero attached hydrogens (tertiary/aromatic N) is 2. The molecule has 0 unspecified atom stereocenters. The quantitative estimate of drug-likeness (QED) is 0.121. The van der Waals surface area contributed by atoms with Crippen LogP contribution in [0.25, 0.3) is 0 Å². The highest BCUT2D eigenvalue weighted by atomic mass is 32.2. The Bertz CT molecular complexity index is 1530. The lowest BCUT2D eigenvalue weighted by Gasteiger charge is -2.19. The Balaban J connectivity index is 0.000000448. The summed E-state index contributed by atoms with van der Waals surface area (Å²) in [6.07, 6.45) is 0. The summed E-state index contributed by atoms with van der Waals surface area (Å²) in [5, 5.41) is 0. The van der Waals surface area contributed by atoms with E-state index >= 15 is 0 Å². The van der Waals surface area contributed by atoms with Gasteiger partial charge in [-0.1, -0.05) is 18.2 Å². The summed E-state index contributed by atoms with van der Waals surface area (Å²) in [6.45, 7) is 5.42. The maximum absolute atomic E-state index is 12.0. The van der Waals surface area contributed by atoms with Crippen LogP contribution in [0.15, 0.2) is 123 Å². The molecule has 0 aromatic heterocycles. The van der Waals surface area contributed by atoms with Crippen LogP contribution in [0.1, 0.15) is 20.8 Å². The zero-order valence-electron chi connectivity index (χ0n) is 26.2. The van der Waals surface area contributed by atoms with Gasteiger partial charge in [0, 0.05) is 39.6 Å². The SMILES string of the molecule is CN(C)c1ccc([S+](c2ccc(OCC(=O)OC(C)(C)C)cc2)c2ccc(N(C)C)cc2)cc1.O=S(=O)([O-])c1ccccc1. The largest absolute Gasteiger partial charge is 0.744 e. The number of carbonyl (C=O) groups excluding carboxylic acids is 1. The first-order valence-electron chi connectivity index (χ1n) is 13.9. The van der Waals surface area contributed by atoms with E-state index < -0.39 is 15.7 Å². The number of hydrogen-bond donors (Lipinski definition) is 0. The van der Waals surface area contributed by atoms with Crippen LogP contribution < -0.4 is 14.5 Å². The smallest absolute Gasteiger partial charge is 0.344 e. The van der Waals surface area contributed by atoms with Crippen LogP contribution in [-0.4, -0.2) is 59.3 Å². The Morgan fingerprint density at radius 3 is 1.45 bits per heavy atom. The number of ether oxygens (including phenoxy) is 2. The lowest BCUT2D eigenvalue weighted by Crippen LogP contribution is -2.27. The maximum atomic E-state index is 12.0. The summed E-state index contributed by atoms with van der Waals surface area (Å²) >= 11 is 0. The first-order chi connectivity index (χ1) is 20.6. The van der Waals surface area contributed by atoms with Crippen molar-refractivity contribution in [3.8, 4) is 5.75 Å². The highest BCUT2D eigenvalue weighted by Crippen LogP contribution is 2.34. The van der Waals surface area contributed by atoms with Gasteiger partial charge in [0.2, 0.25) is 0 Å². The molecule has 0 N–H and O–H groups in total. The van der Waals surface area contributed by atoms with Crippen LogP contribution in [0.3, 0.4) is 0 Å². The van der Waals surface area contributed by atoms with Gasteiger partial charge in [0.25, 0.3) is 0 Å². The van der Waals surface area contributed by atoms with E-state index in [-0.39, 0.29) is 28.4 Å². The van der Waals surface area contributed by atoms with Crippen molar-refractivity contribution in [3.05, 3.63) is 103 Å². The third-order valence-corrected chi connectivity index (χ3v) is 9.13. The second-order valence-electron chi connectivity index (χ2n) is 11.2. The van der Waals surface area contributed by atoms with Crippen molar-refractivity contribution in [3.63, 3.8) is 0 Å². The first kappa shape index (κ1) is 34.5. The Morgan fingerprint density at radius 2 is 1.11 bits per heavy atom. The molecule has 0 heterocycles. The predicted octanol–water partition coefficient (Wildman–Crippen LogP) is 6.23. The molecule has 0 aliphatic rings. The Kier molecular flexibility index (Phi) is 11.9. The molecule has 10 heteroatoms. The number of rotatable bonds is 9. The Morgan fingerprint density at radius 1 is 0.705 bits per heavy atom. The molecule has 0 aliphatic heterocycles. The predicted molar refractivity (Wildman–Crippen MR) is 176 cm³/mol. The van der Waals surface area contributed by atoms with E-state index in [1.165, 1.54) is 50.3 Å². The topological polar surface area (TPSA) is 99.2 Å². The number of anilines is 2. The Hall–Kier alpha value is -3.99. The number of esters is 1. The molecule has 4 rings (SSSR count). The minimum absolute atomic E-state index is 0.111. The zero-order chi connectivity index (χ0) is 32.5. The van der Waals surface area contributed by atoms with Gasteiger partial charge in [-0.2, -0.15) is 0 Å². The first-order valence-corrected chi connectivity index (χ1v) is 16.5. The molecule has 8 nitrogen and oxygen atoms in total. The summed E-state index contributed by atoms with van der Waals surface area (Å²) in [7, 11) is 3.66. The molecular weight excluding hydrogens is 597 g/mol. The molecule has 0 aliphatic carbocycles. The van der Waals surface area contributed by atoms with E-state index in [1.54, 1.807) is 6.07 Å². The van der Waals surface area contributed by atoms with Gasteiger partial charge >= 0.3 is 5.97 Å². The van der Waals surface area contributed by atoms with Gasteiger partial charge in [0.1, 0.15) is 21.5 Å². The zero-order valence-corrected chi connectivity index (χ0v) is 27.8. The van der Waals surface area contributed by atoms with Crippen molar-refractivity contribution >= 4 is 38.4 Å². The Labute approximate surface area is 264 Å². The fourth-order valence-electron chi connectivity index (χ4n) is 3.94. The summed E-state index contributed by atoms with van der Waals surface area (Å²) in [5.41, 5.74) is 1.81. The van der Waals surface area contributed by atoms with E-state index in [1.807, 2.05) is 61.1 Å². The maximum Gasteiger partial charge on any atom is 0.344 e. The third-order valence-electron chi connectivity index (χ3n) is 6.05. The van der Waals surface area contributed by atoms with Gasteiger partial charge in [0.15, 0.2) is 21.3 Å². The van der Waals surface area contributed by atoms with Crippen molar-refractivity contribution in [1.82, 2.24) is 0 Å². The summed E-state index contributed by atoms with van der Waals surface area (Å²) < 4.78 is 41.8. The summed E-state index contributed by atoms with van der Waals surface area (Å²) in [4.78, 5) is 19.7. The number of hydrogen-bond acceptors (Lipinski definition) is 8. The van der Waals surface area contributed by atoms with Crippen molar-refractivity contribution < 1.29 is 27.2 Å². The molecular formula is C34H40N2O6S2. The van der Waals surface area contributed by atoms with Gasteiger partial charge in [-0.3, -0.25) is 0 Å². The number of benzene rings is 4. The molecule has 0 saturated carbocycles. The molecule has 4 aromatic rings. The van der Waals surface area contributed by atoms with Crippen LogP contribution in [0.5, 0.6) is 5.75 Å². The lowest BCUT2D eigenvalue weighted by atomic mass is 10.2. The van der Waals surface area contributed by atoms with Crippen molar-refractivity contribution in [2.75, 3.05) is 44.6 Å². The van der Waals surface area contributed by atoms with Crippen LogP contribution in [0.2, 0.25) is 0 Å². The molecule has 0 saturated heterocycles. The highest BCUT2D eigenvalue weighted by molar-refractivity contribution is 7.97. The van der Waals surface area contributed by atoms with Gasteiger partial charge in [-0.25, -0.2) is 13.2 Å². The highest BCUT2D eigenvalue weighted by Gasteiger charge is 2.29. The van der Waals surface area contributed by atoms with E-state index in [4.69, 9.17) is 9.47 Å². The molecule has 0 radical (unpaired) electrons. The molecule has 44 heavy (non-hydrogen) atoms. The lowest BCUT2D eigenvalue weighted by molar-refractivity contribution is -0.157. The average Bonchev–Trinajstić information content (AvgIpc) is 2.97. The fourth-order valence-corrected chi connectivity index (χ4v) is 6.47. The molecule has 0 bridgehead atoms. The van der Waals surface area contributed by atoms with Crippen LogP contribution in [-0.2, 0) is 30.5 Å². The fraction of sp³-hybridized carbons (Fsp3) is 0.265. The molecule has 234 valence electrons. The second-order valence-corrected chi connectivity index (χ2v) is 14.6. The van der Waals surface area contributed by atoms with E-state index in [0.717, 1.165) is 0 Å². The van der Waals surface area contributed by atoms with Gasteiger partial charge < -0.3 is 23.8 Å². The van der Waals surface area contributed by atoms with Crippen molar-refractivity contribution in [1.29, 1.82) is 0 Å². The minimum atomic E-state index is -4.25. The standard InChI is InChI=1S/C28H35N2O3S.C6H6O3S/c1-28(2,3)33-27(31)20-32-23-12-18-26(19-13-23)34(24-14-8-21(9-15-24)29(4)5)25-16-10-22(11-17-25)30(6)7;7-10(8,9)6-4-2-1-3-5-6/h8-19H,20H2,1-7H3;1-5H,(H,7,8,9)/q+1;/p-1. The van der Waals surface area contributed by atoms with Gasteiger partial charge in [-0.15, -0.1) is 0 Å². The molecule has 4 aromatic carbocycles. The monoisotopic (exact) mass is 636 g/mol. The molecule has 0 fully saturated rings. The molecule has 0 spiro atoms. The van der Waals surface area contributed by atoms with Gasteiger partial charge in [-0.05, 0) is 106 Å². The summed E-state index contributed by atoms with van der Waals surface area (Å²) in [5.74, 6) is 0.266. The van der Waals surface area contributed by atoms with E-state index in [9.17, 15) is 17.8 Å². The van der Waals surface area contributed by atoms with Crippen LogP contribution >= 0.6 is 0 Å². The van der Waals surface area contributed by atoms with Crippen LogP contribution in [0, 0.1) is 0 Å². The van der Waals surface area contributed by atoms with Gasteiger partial charge in [0.05, 0.1) is 15.8 Å². The number of carbonyl (C=O) groups is 1. The molecule has 0 amide bonds. The summed E-state index contributed by atoms with van der Waals surface area (Å²) in [6, 6.07) is 32.6. The van der Waals surface area contributed by atoms with Crippen molar-refractivity contribution in [2.24, 2.45) is 0 Å². The van der Waals surface area contributed by atoms with Crippen LogP contribution in [0.4, 0.5) is 11.4 Å². The van der Waals surface area contributed by atoms with E-state index in [2.05, 4.69) is 70.5 Å². The molecule has 0 atom stereocenters. The normalized spacial score (nSPS) is 11.3. The third kappa shape index (κ3) is 10.6. The minimum Gasteiger partial charge on any atom is -0.744 e. The van der Waals surface area contributed by atoms with E-state index in [0.29, 0.717) is 5.75 Å². The van der Waals surface area contributed by atoms with Crippen molar-refractivity contribution in [2.45, 2.75) is 46.0 Å². The average molecular weight is 637 g/mol.